The van der Waals surface area contributed by atoms with Crippen LogP contribution in [0.3, 0.4) is 0 Å². The van der Waals surface area contributed by atoms with E-state index in [-0.39, 0.29) is 5.60 Å². The summed E-state index contributed by atoms with van der Waals surface area (Å²) in [6.45, 7) is 4.15. The highest BCUT2D eigenvalue weighted by molar-refractivity contribution is 4.84. The van der Waals surface area contributed by atoms with Crippen LogP contribution in [0.25, 0.3) is 0 Å². The Morgan fingerprint density at radius 3 is 2.56 bits per heavy atom. The number of aliphatic hydroxyl groups is 1. The van der Waals surface area contributed by atoms with Crippen LogP contribution in [0.4, 0.5) is 0 Å². The molecule has 0 bridgehead atoms. The zero-order chi connectivity index (χ0) is 6.91. The van der Waals surface area contributed by atoms with E-state index in [1.807, 2.05) is 6.92 Å². The van der Waals surface area contributed by atoms with Gasteiger partial charge in [-0.25, -0.2) is 0 Å². The molecular formula is C8H16O. The van der Waals surface area contributed by atoms with Gasteiger partial charge in [0.2, 0.25) is 0 Å². The third-order valence-electron chi connectivity index (χ3n) is 2.40. The number of rotatable bonds is 1. The van der Waals surface area contributed by atoms with Gasteiger partial charge in [0.05, 0.1) is 5.60 Å². The van der Waals surface area contributed by atoms with Gasteiger partial charge in [0.15, 0.2) is 0 Å². The molecule has 1 aliphatic rings. The third kappa shape index (κ3) is 1.68. The molecule has 1 rings (SSSR count). The van der Waals surface area contributed by atoms with Crippen molar-refractivity contribution in [2.75, 3.05) is 0 Å². The summed E-state index contributed by atoms with van der Waals surface area (Å²) in [5.74, 6) is 0.792. The minimum atomic E-state index is -0.333. The molecule has 2 atom stereocenters. The largest absolute Gasteiger partial charge is 0.390 e. The lowest BCUT2D eigenvalue weighted by atomic mass is 10.0. The van der Waals surface area contributed by atoms with E-state index in [0.717, 1.165) is 18.8 Å². The van der Waals surface area contributed by atoms with E-state index in [9.17, 15) is 5.11 Å². The third-order valence-corrected chi connectivity index (χ3v) is 2.40. The van der Waals surface area contributed by atoms with Crippen LogP contribution in [0.1, 0.15) is 39.5 Å². The fourth-order valence-electron chi connectivity index (χ4n) is 1.69. The van der Waals surface area contributed by atoms with Crippen LogP contribution in [-0.4, -0.2) is 10.7 Å². The van der Waals surface area contributed by atoms with Gasteiger partial charge in [-0.3, -0.25) is 0 Å². The molecule has 0 aromatic heterocycles. The van der Waals surface area contributed by atoms with Crippen molar-refractivity contribution in [2.24, 2.45) is 5.92 Å². The number of hydrogen-bond acceptors (Lipinski definition) is 1. The maximum Gasteiger partial charge on any atom is 0.0622 e. The summed E-state index contributed by atoms with van der Waals surface area (Å²) in [4.78, 5) is 0. The summed E-state index contributed by atoms with van der Waals surface area (Å²) in [6.07, 6.45) is 4.48. The monoisotopic (exact) mass is 128 g/mol. The molecule has 1 aliphatic carbocycles. The predicted molar refractivity (Wildman–Crippen MR) is 38.3 cm³/mol. The van der Waals surface area contributed by atoms with Crippen LogP contribution in [-0.2, 0) is 0 Å². The summed E-state index contributed by atoms with van der Waals surface area (Å²) >= 11 is 0. The highest BCUT2D eigenvalue weighted by Gasteiger charge is 2.31. The molecule has 0 aromatic carbocycles. The molecular weight excluding hydrogens is 112 g/mol. The van der Waals surface area contributed by atoms with Gasteiger partial charge < -0.3 is 5.11 Å². The zero-order valence-corrected chi connectivity index (χ0v) is 6.35. The first-order valence-corrected chi connectivity index (χ1v) is 3.86. The Labute approximate surface area is 57.1 Å². The van der Waals surface area contributed by atoms with Crippen LogP contribution >= 0.6 is 0 Å². The molecule has 1 fully saturated rings. The Morgan fingerprint density at radius 2 is 2.33 bits per heavy atom. The van der Waals surface area contributed by atoms with E-state index in [0.29, 0.717) is 0 Å². The quantitative estimate of drug-likeness (QED) is 0.572. The maximum absolute atomic E-state index is 9.50. The van der Waals surface area contributed by atoms with Crippen molar-refractivity contribution >= 4 is 0 Å². The van der Waals surface area contributed by atoms with Crippen LogP contribution in [0.2, 0.25) is 0 Å². The fourth-order valence-corrected chi connectivity index (χ4v) is 1.69. The normalized spacial score (nSPS) is 43.7. The molecule has 2 unspecified atom stereocenters. The Morgan fingerprint density at radius 1 is 1.67 bits per heavy atom. The van der Waals surface area contributed by atoms with Gasteiger partial charge in [0.1, 0.15) is 0 Å². The summed E-state index contributed by atoms with van der Waals surface area (Å²) in [6, 6.07) is 0. The van der Waals surface area contributed by atoms with Crippen LogP contribution in [0.5, 0.6) is 0 Å². The Hall–Kier alpha value is -0.0400. The van der Waals surface area contributed by atoms with Crippen LogP contribution in [0, 0.1) is 5.92 Å². The Bertz CT molecular complexity index is 96.7. The second-order valence-corrected chi connectivity index (χ2v) is 3.51. The molecule has 0 saturated heterocycles. The lowest BCUT2D eigenvalue weighted by Gasteiger charge is -2.14. The summed E-state index contributed by atoms with van der Waals surface area (Å²) in [5, 5.41) is 9.50. The second kappa shape index (κ2) is 2.30. The first kappa shape index (κ1) is 7.07. The number of hydrogen-bond donors (Lipinski definition) is 1. The van der Waals surface area contributed by atoms with E-state index >= 15 is 0 Å². The van der Waals surface area contributed by atoms with Gasteiger partial charge in [-0.2, -0.15) is 0 Å². The molecule has 1 saturated carbocycles. The Kier molecular flexibility index (Phi) is 1.80. The van der Waals surface area contributed by atoms with Crippen LogP contribution < -0.4 is 0 Å². The average Bonchev–Trinajstić information content (AvgIpc) is 2.10. The van der Waals surface area contributed by atoms with E-state index in [2.05, 4.69) is 6.92 Å². The molecule has 1 N–H and O–H groups in total. The molecule has 0 aromatic rings. The van der Waals surface area contributed by atoms with Crippen molar-refractivity contribution in [1.29, 1.82) is 0 Å². The lowest BCUT2D eigenvalue weighted by Crippen LogP contribution is -2.18. The molecule has 0 spiro atoms. The van der Waals surface area contributed by atoms with E-state index in [1.54, 1.807) is 0 Å². The highest BCUT2D eigenvalue weighted by atomic mass is 16.3. The van der Waals surface area contributed by atoms with Crippen molar-refractivity contribution in [3.63, 3.8) is 0 Å². The van der Waals surface area contributed by atoms with E-state index < -0.39 is 0 Å². The van der Waals surface area contributed by atoms with Crippen molar-refractivity contribution in [2.45, 2.75) is 45.1 Å². The van der Waals surface area contributed by atoms with E-state index in [1.165, 1.54) is 12.8 Å². The summed E-state index contributed by atoms with van der Waals surface area (Å²) in [7, 11) is 0. The standard InChI is InChI=1S/C8H16O/c1-3-7-4-5-8(2,9)6-7/h7,9H,3-6H2,1-2H3. The average molecular weight is 128 g/mol. The predicted octanol–water partition coefficient (Wildman–Crippen LogP) is 1.95. The molecule has 0 heterocycles. The zero-order valence-electron chi connectivity index (χ0n) is 6.35. The molecule has 0 aliphatic heterocycles. The molecule has 0 amide bonds. The van der Waals surface area contributed by atoms with Crippen molar-refractivity contribution in [3.8, 4) is 0 Å². The maximum atomic E-state index is 9.50. The van der Waals surface area contributed by atoms with E-state index in [4.69, 9.17) is 0 Å². The first-order valence-electron chi connectivity index (χ1n) is 3.86. The van der Waals surface area contributed by atoms with Crippen molar-refractivity contribution < 1.29 is 5.11 Å². The minimum Gasteiger partial charge on any atom is -0.390 e. The van der Waals surface area contributed by atoms with Gasteiger partial charge in [0, 0.05) is 0 Å². The Balaban J connectivity index is 2.38. The van der Waals surface area contributed by atoms with Gasteiger partial charge in [-0.05, 0) is 32.1 Å². The van der Waals surface area contributed by atoms with Crippen molar-refractivity contribution in [3.05, 3.63) is 0 Å². The topological polar surface area (TPSA) is 20.2 Å². The summed E-state index contributed by atoms with van der Waals surface area (Å²) < 4.78 is 0. The SMILES string of the molecule is CCC1CCC(C)(O)C1. The highest BCUT2D eigenvalue weighted by Crippen LogP contribution is 2.35. The molecule has 0 radical (unpaired) electrons. The molecule has 1 heteroatoms. The first-order chi connectivity index (χ1) is 4.14. The van der Waals surface area contributed by atoms with Gasteiger partial charge in [0.25, 0.3) is 0 Å². The molecule has 9 heavy (non-hydrogen) atoms. The van der Waals surface area contributed by atoms with Gasteiger partial charge >= 0.3 is 0 Å². The van der Waals surface area contributed by atoms with Gasteiger partial charge in [-0.15, -0.1) is 0 Å². The molecule has 1 nitrogen and oxygen atoms in total. The second-order valence-electron chi connectivity index (χ2n) is 3.51. The van der Waals surface area contributed by atoms with Gasteiger partial charge in [-0.1, -0.05) is 13.3 Å². The fraction of sp³-hybridized carbons (Fsp3) is 1.00. The molecule has 54 valence electrons. The smallest absolute Gasteiger partial charge is 0.0622 e. The minimum absolute atomic E-state index is 0.333. The lowest BCUT2D eigenvalue weighted by molar-refractivity contribution is 0.0634. The summed E-state index contributed by atoms with van der Waals surface area (Å²) in [5.41, 5.74) is -0.333. The van der Waals surface area contributed by atoms with Crippen LogP contribution in [0.15, 0.2) is 0 Å². The van der Waals surface area contributed by atoms with Crippen molar-refractivity contribution in [1.82, 2.24) is 0 Å².